The molecule has 3 heterocycles. The number of benzene rings is 2. The zero-order valence-electron chi connectivity index (χ0n) is 17.3. The Labute approximate surface area is 181 Å². The molecule has 1 saturated carbocycles. The van der Waals surface area contributed by atoms with E-state index < -0.39 is 17.4 Å². The first-order valence-electron chi connectivity index (χ1n) is 11.3. The summed E-state index contributed by atoms with van der Waals surface area (Å²) in [6.07, 6.45) is 4.49. The van der Waals surface area contributed by atoms with E-state index in [9.17, 15) is 14.4 Å². The van der Waals surface area contributed by atoms with Gasteiger partial charge in [0.1, 0.15) is 17.9 Å². The summed E-state index contributed by atoms with van der Waals surface area (Å²) < 4.78 is 0. The summed E-state index contributed by atoms with van der Waals surface area (Å²) in [5.74, 6) is -1.54. The summed E-state index contributed by atoms with van der Waals surface area (Å²) in [6.45, 7) is 0. The Kier molecular flexibility index (Phi) is 4.09. The number of para-hydroxylation sites is 1. The fourth-order valence-electron chi connectivity index (χ4n) is 6.54. The number of imide groups is 1. The Bertz CT molecular complexity index is 1080. The fraction of sp³-hybridized carbons (Fsp3) is 0.400. The predicted molar refractivity (Wildman–Crippen MR) is 114 cm³/mol. The maximum absolute atomic E-state index is 13.8. The summed E-state index contributed by atoms with van der Waals surface area (Å²) in [5.41, 5.74) is 1.63. The second-order valence-corrected chi connectivity index (χ2v) is 9.38. The number of likely N-dealkylation sites (tertiary alicyclic amines) is 1. The largest absolute Gasteiger partial charge is 0.326 e. The highest BCUT2D eigenvalue weighted by atomic mass is 16.2. The van der Waals surface area contributed by atoms with Gasteiger partial charge in [0.05, 0.1) is 5.69 Å². The van der Waals surface area contributed by atoms with Crippen LogP contribution in [0.3, 0.4) is 0 Å². The third-order valence-electron chi connectivity index (χ3n) is 7.81. The maximum atomic E-state index is 13.8. The fourth-order valence-corrected chi connectivity index (χ4v) is 6.54. The third kappa shape index (κ3) is 2.51. The summed E-state index contributed by atoms with van der Waals surface area (Å²) in [6, 6.07) is 17.5. The van der Waals surface area contributed by atoms with Gasteiger partial charge in [-0.3, -0.25) is 19.3 Å². The number of nitrogens with two attached hydrogens (primary N) is 1. The zero-order valence-corrected chi connectivity index (χ0v) is 17.3. The van der Waals surface area contributed by atoms with E-state index in [1.807, 2.05) is 59.9 Å². The lowest BCUT2D eigenvalue weighted by molar-refractivity contribution is -0.733. The Balaban J connectivity index is 1.47. The Morgan fingerprint density at radius 3 is 2.42 bits per heavy atom. The van der Waals surface area contributed by atoms with Gasteiger partial charge in [0.15, 0.2) is 0 Å². The van der Waals surface area contributed by atoms with Crippen molar-refractivity contribution >= 4 is 23.4 Å². The highest BCUT2D eigenvalue weighted by molar-refractivity contribution is 6.14. The molecule has 4 atom stereocenters. The van der Waals surface area contributed by atoms with Gasteiger partial charge in [-0.15, -0.1) is 0 Å². The van der Waals surface area contributed by atoms with Crippen LogP contribution < -0.4 is 10.6 Å². The van der Waals surface area contributed by atoms with Crippen LogP contribution >= 0.6 is 0 Å². The van der Waals surface area contributed by atoms with Gasteiger partial charge in [-0.25, -0.2) is 0 Å². The number of hydrogen-bond acceptors (Lipinski definition) is 3. The smallest absolute Gasteiger partial charge is 0.291 e. The molecule has 2 aromatic rings. The van der Waals surface area contributed by atoms with E-state index in [0.717, 1.165) is 42.5 Å². The van der Waals surface area contributed by atoms with Gasteiger partial charge in [-0.1, -0.05) is 61.4 Å². The Hall–Kier alpha value is -2.99. The van der Waals surface area contributed by atoms with Crippen molar-refractivity contribution in [1.29, 1.82) is 0 Å². The molecule has 1 spiro atoms. The lowest BCUT2D eigenvalue weighted by Gasteiger charge is -2.28. The molecule has 3 fully saturated rings. The average Bonchev–Trinajstić information content (AvgIpc) is 3.52. The summed E-state index contributed by atoms with van der Waals surface area (Å²) >= 11 is 0. The monoisotopic (exact) mass is 416 g/mol. The summed E-state index contributed by atoms with van der Waals surface area (Å²) in [7, 11) is 0. The number of nitrogens with zero attached hydrogens (tertiary/aromatic N) is 1. The molecule has 3 N–H and O–H groups in total. The molecule has 0 radical (unpaired) electrons. The van der Waals surface area contributed by atoms with Crippen molar-refractivity contribution < 1.29 is 19.7 Å². The number of quaternary nitrogens is 1. The number of hydrogen-bond donors (Lipinski definition) is 2. The highest BCUT2D eigenvalue weighted by Gasteiger charge is 2.74. The topological polar surface area (TPSA) is 83.1 Å². The van der Waals surface area contributed by atoms with Gasteiger partial charge in [0, 0.05) is 18.0 Å². The molecule has 0 unspecified atom stereocenters. The molecule has 4 aliphatic rings. The molecule has 6 rings (SSSR count). The van der Waals surface area contributed by atoms with Crippen LogP contribution in [-0.2, 0) is 26.3 Å². The number of anilines is 1. The van der Waals surface area contributed by atoms with Gasteiger partial charge in [0.25, 0.3) is 5.91 Å². The van der Waals surface area contributed by atoms with Crippen LogP contribution in [0, 0.1) is 11.8 Å². The molecule has 2 aromatic carbocycles. The van der Waals surface area contributed by atoms with Crippen molar-refractivity contribution in [2.24, 2.45) is 11.8 Å². The van der Waals surface area contributed by atoms with Crippen LogP contribution in [0.25, 0.3) is 0 Å². The number of fused-ring (bicyclic) bond motifs is 4. The van der Waals surface area contributed by atoms with Crippen molar-refractivity contribution in [1.82, 2.24) is 4.90 Å². The van der Waals surface area contributed by atoms with Crippen molar-refractivity contribution in [3.8, 4) is 0 Å². The van der Waals surface area contributed by atoms with Crippen molar-refractivity contribution in [3.63, 3.8) is 0 Å². The second-order valence-electron chi connectivity index (χ2n) is 9.38. The van der Waals surface area contributed by atoms with Crippen LogP contribution in [0.4, 0.5) is 5.69 Å². The SMILES string of the molecule is O=C1[C@@H]2[C@H](Cc3ccccc3)[NH2+][C@@]3(C(=O)Nc4ccccc43)[C@@H]2C(=O)N1C1CCCC1. The van der Waals surface area contributed by atoms with E-state index in [0.29, 0.717) is 6.42 Å². The third-order valence-corrected chi connectivity index (χ3v) is 7.81. The van der Waals surface area contributed by atoms with Crippen LogP contribution in [0.5, 0.6) is 0 Å². The second kappa shape index (κ2) is 6.76. The van der Waals surface area contributed by atoms with Gasteiger partial charge in [-0.2, -0.15) is 0 Å². The zero-order chi connectivity index (χ0) is 21.2. The van der Waals surface area contributed by atoms with E-state index in [4.69, 9.17) is 0 Å². The van der Waals surface area contributed by atoms with Gasteiger partial charge >= 0.3 is 0 Å². The molecule has 3 amide bonds. The number of carbonyl (C=O) groups excluding carboxylic acids is 3. The molecular formula is C25H26N3O3+. The van der Waals surface area contributed by atoms with Crippen molar-refractivity contribution in [3.05, 3.63) is 65.7 Å². The van der Waals surface area contributed by atoms with Crippen LogP contribution in [0.2, 0.25) is 0 Å². The quantitative estimate of drug-likeness (QED) is 0.745. The van der Waals surface area contributed by atoms with Crippen LogP contribution in [0.1, 0.15) is 36.8 Å². The first kappa shape index (κ1) is 18.8. The number of rotatable bonds is 3. The molecule has 0 aromatic heterocycles. The molecule has 3 aliphatic heterocycles. The van der Waals surface area contributed by atoms with Gasteiger partial charge < -0.3 is 10.6 Å². The van der Waals surface area contributed by atoms with Crippen molar-refractivity contribution in [2.75, 3.05) is 5.32 Å². The Morgan fingerprint density at radius 2 is 1.65 bits per heavy atom. The molecule has 31 heavy (non-hydrogen) atoms. The maximum Gasteiger partial charge on any atom is 0.291 e. The highest BCUT2D eigenvalue weighted by Crippen LogP contribution is 2.50. The minimum absolute atomic E-state index is 0.0141. The summed E-state index contributed by atoms with van der Waals surface area (Å²) in [5, 5.41) is 5.02. The standard InChI is InChI=1S/C25H25N3O3/c29-22-20-19(14-15-8-2-1-3-9-15)27-25(17-12-6-7-13-18(17)26-24(25)31)21(20)23(30)28(22)16-10-4-5-11-16/h1-3,6-9,12-13,16,19-21,27H,4-5,10-11,14H2,(H,26,31)/p+1/t19-,20+,21-,25+/m0/s1. The van der Waals surface area contributed by atoms with Crippen LogP contribution in [0.15, 0.2) is 54.6 Å². The summed E-state index contributed by atoms with van der Waals surface area (Å²) in [4.78, 5) is 42.5. The first-order valence-corrected chi connectivity index (χ1v) is 11.3. The minimum Gasteiger partial charge on any atom is -0.326 e. The molecular weight excluding hydrogens is 390 g/mol. The molecule has 6 nitrogen and oxygen atoms in total. The first-order chi connectivity index (χ1) is 15.1. The molecule has 2 saturated heterocycles. The van der Waals surface area contributed by atoms with Crippen molar-refractivity contribution in [2.45, 2.75) is 49.7 Å². The molecule has 6 heteroatoms. The molecule has 0 bridgehead atoms. The molecule has 1 aliphatic carbocycles. The van der Waals surface area contributed by atoms with Gasteiger partial charge in [0.2, 0.25) is 17.4 Å². The van der Waals surface area contributed by atoms with E-state index in [1.54, 1.807) is 4.90 Å². The molecule has 158 valence electrons. The van der Waals surface area contributed by atoms with E-state index in [1.165, 1.54) is 0 Å². The van der Waals surface area contributed by atoms with Crippen LogP contribution in [-0.4, -0.2) is 34.7 Å². The minimum atomic E-state index is -1.07. The van der Waals surface area contributed by atoms with E-state index in [-0.39, 0.29) is 29.8 Å². The number of nitrogens with one attached hydrogen (secondary N) is 1. The lowest BCUT2D eigenvalue weighted by atomic mass is 9.76. The normalized spacial score (nSPS) is 32.1. The lowest BCUT2D eigenvalue weighted by Crippen LogP contribution is -2.99. The average molecular weight is 417 g/mol. The van der Waals surface area contributed by atoms with Gasteiger partial charge in [-0.05, 0) is 24.5 Å². The van der Waals surface area contributed by atoms with E-state index >= 15 is 0 Å². The van der Waals surface area contributed by atoms with E-state index in [2.05, 4.69) is 5.32 Å². The number of carbonyl (C=O) groups is 3. The number of amides is 3. The predicted octanol–water partition coefficient (Wildman–Crippen LogP) is 1.57. The Morgan fingerprint density at radius 1 is 0.935 bits per heavy atom.